The van der Waals surface area contributed by atoms with Crippen LogP contribution in [0.1, 0.15) is 30.7 Å². The minimum Gasteiger partial charge on any atom is -0.467 e. The van der Waals surface area contributed by atoms with Crippen LogP contribution in [0, 0.1) is 0 Å². The van der Waals surface area contributed by atoms with Crippen LogP contribution in [0.5, 0.6) is 0 Å². The van der Waals surface area contributed by atoms with Gasteiger partial charge in [-0.2, -0.15) is 0 Å². The molecule has 1 amide bonds. The van der Waals surface area contributed by atoms with Crippen LogP contribution in [-0.4, -0.2) is 42.3 Å². The Kier molecular flexibility index (Phi) is 7.77. The molecule has 0 unspecified atom stereocenters. The number of methoxy groups -OCH3 is 1. The van der Waals surface area contributed by atoms with Crippen LogP contribution in [0.2, 0.25) is 5.02 Å². The first-order valence-electron chi connectivity index (χ1n) is 10.6. The summed E-state index contributed by atoms with van der Waals surface area (Å²) in [5.74, 6) is 0.00508. The molecule has 2 aromatic rings. The Bertz CT molecular complexity index is 1160. The van der Waals surface area contributed by atoms with Crippen LogP contribution in [0.15, 0.2) is 74.4 Å². The van der Waals surface area contributed by atoms with Crippen LogP contribution in [0.3, 0.4) is 0 Å². The number of allylic oxidation sites excluding steroid dienone is 1. The normalized spacial score (nSPS) is 17.3. The molecule has 8 nitrogen and oxygen atoms in total. The van der Waals surface area contributed by atoms with Crippen LogP contribution in [-0.2, 0) is 25.6 Å². The van der Waals surface area contributed by atoms with E-state index in [1.807, 2.05) is 28.5 Å². The minimum absolute atomic E-state index is 0.106. The Hall–Kier alpha value is -3.01. The van der Waals surface area contributed by atoms with Crippen molar-refractivity contribution in [3.63, 3.8) is 0 Å². The van der Waals surface area contributed by atoms with Gasteiger partial charge < -0.3 is 24.1 Å². The lowest BCUT2D eigenvalue weighted by molar-refractivity contribution is -0.141. The van der Waals surface area contributed by atoms with Gasteiger partial charge >= 0.3 is 5.97 Å². The number of thioether (sulfide) groups is 1. The van der Waals surface area contributed by atoms with Gasteiger partial charge in [-0.3, -0.25) is 4.79 Å². The Morgan fingerprint density at radius 2 is 2.12 bits per heavy atom. The number of benzene rings is 1. The molecule has 0 aliphatic carbocycles. The van der Waals surface area contributed by atoms with Gasteiger partial charge in [0.15, 0.2) is 5.17 Å². The molecule has 4 rings (SSSR count). The van der Waals surface area contributed by atoms with Crippen molar-refractivity contribution in [2.75, 3.05) is 20.3 Å². The summed E-state index contributed by atoms with van der Waals surface area (Å²) < 4.78 is 15.7. The summed E-state index contributed by atoms with van der Waals surface area (Å²) in [5.41, 5.74) is 2.47. The number of furan rings is 1. The van der Waals surface area contributed by atoms with Gasteiger partial charge in [-0.25, -0.2) is 9.79 Å². The van der Waals surface area contributed by atoms with Crippen molar-refractivity contribution in [1.29, 1.82) is 0 Å². The summed E-state index contributed by atoms with van der Waals surface area (Å²) in [6.07, 6.45) is 1.67. The summed E-state index contributed by atoms with van der Waals surface area (Å²) >= 11 is 7.70. The topological polar surface area (TPSA) is 93.4 Å². The van der Waals surface area contributed by atoms with Gasteiger partial charge in [-0.1, -0.05) is 35.5 Å². The van der Waals surface area contributed by atoms with Gasteiger partial charge in [-0.15, -0.1) is 0 Å². The molecule has 0 saturated heterocycles. The highest BCUT2D eigenvalue weighted by molar-refractivity contribution is 8.16. The Morgan fingerprint density at radius 1 is 1.26 bits per heavy atom. The third-order valence-corrected chi connectivity index (χ3v) is 6.41. The summed E-state index contributed by atoms with van der Waals surface area (Å²) in [6, 6.07) is 10.3. The first-order valence-corrected chi connectivity index (χ1v) is 11.9. The molecule has 0 spiro atoms. The second kappa shape index (κ2) is 10.9. The molecule has 3 heterocycles. The molecule has 0 fully saturated rings. The summed E-state index contributed by atoms with van der Waals surface area (Å²) in [6.45, 7) is 2.48. The van der Waals surface area contributed by atoms with Crippen LogP contribution < -0.4 is 5.32 Å². The van der Waals surface area contributed by atoms with Crippen LogP contribution in [0.25, 0.3) is 0 Å². The van der Waals surface area contributed by atoms with E-state index in [-0.39, 0.29) is 25.5 Å². The van der Waals surface area contributed by atoms with Gasteiger partial charge in [-0.05, 0) is 42.2 Å². The van der Waals surface area contributed by atoms with Crippen LogP contribution in [0.4, 0.5) is 0 Å². The zero-order chi connectivity index (χ0) is 24.1. The fourth-order valence-corrected chi connectivity index (χ4v) is 4.91. The van der Waals surface area contributed by atoms with E-state index in [1.54, 1.807) is 38.5 Å². The average molecular weight is 502 g/mol. The standard InChI is InChI=1S/C24H24ClN3O5S/c1-15-21(23(30)33-10-9-31-2)22(16-5-3-6-17(25)11-16)28-18(14-34-24(28)27-15)12-20(29)26-13-19-7-4-8-32-19/h3-8,11,14,22H,9-10,12-13H2,1-2H3,(H,26,29)/t22-/m1/s1. The summed E-state index contributed by atoms with van der Waals surface area (Å²) in [5, 5.41) is 5.97. The molecular formula is C24H24ClN3O5S. The van der Waals surface area contributed by atoms with Gasteiger partial charge in [0, 0.05) is 17.8 Å². The lowest BCUT2D eigenvalue weighted by Gasteiger charge is -2.36. The predicted molar refractivity (Wildman–Crippen MR) is 130 cm³/mol. The quantitative estimate of drug-likeness (QED) is 0.402. The number of halogens is 1. The lowest BCUT2D eigenvalue weighted by Crippen LogP contribution is -2.38. The Balaban J connectivity index is 1.61. The molecule has 34 heavy (non-hydrogen) atoms. The van der Waals surface area contributed by atoms with Gasteiger partial charge in [0.2, 0.25) is 5.91 Å². The SMILES string of the molecule is COCCOC(=O)C1=C(C)N=C2SC=C(CC(=O)NCc3ccco3)N2[C@@H]1c1cccc(Cl)c1. The van der Waals surface area contributed by atoms with E-state index in [0.29, 0.717) is 33.8 Å². The number of amides is 1. The van der Waals surface area contributed by atoms with E-state index in [9.17, 15) is 9.59 Å². The van der Waals surface area contributed by atoms with E-state index in [1.165, 1.54) is 11.8 Å². The fourth-order valence-electron chi connectivity index (χ4n) is 3.74. The monoisotopic (exact) mass is 501 g/mol. The number of amidine groups is 1. The highest BCUT2D eigenvalue weighted by atomic mass is 35.5. The zero-order valence-electron chi connectivity index (χ0n) is 18.7. The van der Waals surface area contributed by atoms with E-state index in [0.717, 1.165) is 11.3 Å². The maximum absolute atomic E-state index is 13.1. The number of esters is 1. The van der Waals surface area contributed by atoms with E-state index >= 15 is 0 Å². The number of nitrogens with one attached hydrogen (secondary N) is 1. The van der Waals surface area contributed by atoms with Crippen molar-refractivity contribution in [3.05, 3.63) is 81.4 Å². The van der Waals surface area contributed by atoms with E-state index in [4.69, 9.17) is 25.5 Å². The number of ether oxygens (including phenoxy) is 2. The van der Waals surface area contributed by atoms with Crippen molar-refractivity contribution in [2.45, 2.75) is 25.9 Å². The largest absolute Gasteiger partial charge is 0.467 e. The predicted octanol–water partition coefficient (Wildman–Crippen LogP) is 4.40. The molecule has 1 aromatic carbocycles. The van der Waals surface area contributed by atoms with Crippen molar-refractivity contribution in [3.8, 4) is 0 Å². The molecule has 1 atom stereocenters. The highest BCUT2D eigenvalue weighted by Gasteiger charge is 2.41. The minimum atomic E-state index is -0.541. The molecular weight excluding hydrogens is 478 g/mol. The smallest absolute Gasteiger partial charge is 0.338 e. The van der Waals surface area contributed by atoms with Gasteiger partial charge in [0.25, 0.3) is 0 Å². The second-order valence-electron chi connectivity index (χ2n) is 7.61. The summed E-state index contributed by atoms with van der Waals surface area (Å²) in [7, 11) is 1.54. The summed E-state index contributed by atoms with van der Waals surface area (Å²) in [4.78, 5) is 32.4. The maximum atomic E-state index is 13.1. The molecule has 0 bridgehead atoms. The van der Waals surface area contributed by atoms with Gasteiger partial charge in [0.05, 0.1) is 43.1 Å². The van der Waals surface area contributed by atoms with E-state index in [2.05, 4.69) is 10.3 Å². The number of nitrogens with zero attached hydrogens (tertiary/aromatic N) is 2. The number of hydrogen-bond acceptors (Lipinski definition) is 8. The Labute approximate surface area is 206 Å². The van der Waals surface area contributed by atoms with Crippen molar-refractivity contribution >= 4 is 40.4 Å². The van der Waals surface area contributed by atoms with Crippen molar-refractivity contribution in [1.82, 2.24) is 10.2 Å². The fraction of sp³-hybridized carbons (Fsp3) is 0.292. The van der Waals surface area contributed by atoms with Gasteiger partial charge in [0.1, 0.15) is 12.4 Å². The molecule has 1 N–H and O–H groups in total. The molecule has 0 saturated carbocycles. The lowest BCUT2D eigenvalue weighted by atomic mass is 9.94. The Morgan fingerprint density at radius 3 is 2.85 bits per heavy atom. The third-order valence-electron chi connectivity index (χ3n) is 5.29. The second-order valence-corrected chi connectivity index (χ2v) is 8.88. The number of fused-ring (bicyclic) bond motifs is 1. The molecule has 0 radical (unpaired) electrons. The highest BCUT2D eigenvalue weighted by Crippen LogP contribution is 2.45. The zero-order valence-corrected chi connectivity index (χ0v) is 20.3. The number of hydrogen-bond donors (Lipinski definition) is 1. The van der Waals surface area contributed by atoms with E-state index < -0.39 is 12.0 Å². The molecule has 2 aliphatic rings. The number of rotatable bonds is 9. The number of aliphatic imine (C=N–C) groups is 1. The number of carbonyl (C=O) groups excluding carboxylic acids is 2. The third kappa shape index (κ3) is 5.38. The first-order chi connectivity index (χ1) is 16.5. The molecule has 2 aliphatic heterocycles. The molecule has 178 valence electrons. The molecule has 1 aromatic heterocycles. The number of carbonyl (C=O) groups is 2. The maximum Gasteiger partial charge on any atom is 0.338 e. The van der Waals surface area contributed by atoms with Crippen LogP contribution >= 0.6 is 23.4 Å². The molecule has 10 heteroatoms. The van der Waals surface area contributed by atoms with Crippen molar-refractivity contribution in [2.24, 2.45) is 4.99 Å². The average Bonchev–Trinajstić information content (AvgIpc) is 3.47. The first kappa shape index (κ1) is 24.1. The van der Waals surface area contributed by atoms with Crippen molar-refractivity contribution < 1.29 is 23.5 Å².